The van der Waals surface area contributed by atoms with Gasteiger partial charge in [0.1, 0.15) is 0 Å². The average Bonchev–Trinajstić information content (AvgIpc) is 3.08. The Morgan fingerprint density at radius 1 is 0.750 bits per heavy atom. The molecule has 1 aliphatic rings. The minimum atomic E-state index is -3.86. The minimum Gasteiger partial charge on any atom is -0.412 e. The van der Waals surface area contributed by atoms with Gasteiger partial charge in [-0.2, -0.15) is 0 Å². The molecule has 0 heterocycles. The van der Waals surface area contributed by atoms with Gasteiger partial charge in [-0.1, -0.05) is 89.7 Å². The number of sulfone groups is 1. The fourth-order valence-electron chi connectivity index (χ4n) is 5.09. The van der Waals surface area contributed by atoms with Crippen LogP contribution in [-0.4, -0.2) is 83.0 Å². The van der Waals surface area contributed by atoms with Crippen LogP contribution >= 0.6 is 24.0 Å². The largest absolute Gasteiger partial charge is 0.412 e. The molecule has 0 bridgehead atoms. The van der Waals surface area contributed by atoms with Crippen LogP contribution in [0.1, 0.15) is 123 Å². The molecule has 0 saturated carbocycles. The van der Waals surface area contributed by atoms with Crippen molar-refractivity contribution < 1.29 is 41.3 Å². The number of rotatable bonds is 27. The van der Waals surface area contributed by atoms with E-state index in [1.807, 2.05) is 0 Å². The second-order valence-corrected chi connectivity index (χ2v) is 14.5. The summed E-state index contributed by atoms with van der Waals surface area (Å²) in [6, 6.07) is 5.75. The van der Waals surface area contributed by atoms with E-state index < -0.39 is 21.0 Å². The molecule has 0 unspecified atom stereocenters. The van der Waals surface area contributed by atoms with Crippen LogP contribution in [0.2, 0.25) is 0 Å². The van der Waals surface area contributed by atoms with Crippen LogP contribution in [-0.2, 0) is 33.6 Å². The molecule has 13 nitrogen and oxygen atoms in total. The van der Waals surface area contributed by atoms with Crippen LogP contribution in [0, 0.1) is 10.8 Å². The Hall–Kier alpha value is -3.11. The van der Waals surface area contributed by atoms with E-state index in [0.29, 0.717) is 56.0 Å². The second kappa shape index (κ2) is 27.5. The van der Waals surface area contributed by atoms with Crippen molar-refractivity contribution in [3.05, 3.63) is 52.4 Å². The number of nitrogens with one attached hydrogen (secondary N) is 5. The smallest absolute Gasteiger partial charge is 0.308 e. The predicted molar refractivity (Wildman–Crippen MR) is 219 cm³/mol. The van der Waals surface area contributed by atoms with E-state index >= 15 is 0 Å². The Labute approximate surface area is 330 Å². The number of carbonyl (C=O) groups is 3. The van der Waals surface area contributed by atoms with Gasteiger partial charge in [0, 0.05) is 47.6 Å². The number of halogens is 1. The molecule has 0 fully saturated rings. The zero-order valence-electron chi connectivity index (χ0n) is 30.7. The summed E-state index contributed by atoms with van der Waals surface area (Å²) in [7, 11) is -3.86. The average molecular weight is 866 g/mol. The normalized spacial score (nSPS) is 12.0. The standard InChI is InChI=1S/C37H57N5O8S.HI.3H2/c1-3-4-5-6-7-8-9-10-11-12-13-14-15-16-33(43)42-32-27-31(28-32)36(45)41-22-24-49-26-25-48-23-21-40-35(44)30-19-17-29(18-20-30)34(38)50-37(39)51(2,46)47;;;;/h17-20,38-39H,3-16,21-27H2,1-2H3,(H,40,44)(H,41,45)(H,42,43);4*1H. The fraction of sp³-hybridized carbons (Fsp3) is 0.622. The summed E-state index contributed by atoms with van der Waals surface area (Å²) in [6.45, 7) is 4.01. The first kappa shape index (κ1) is 46.9. The summed E-state index contributed by atoms with van der Waals surface area (Å²) in [6.07, 6.45) is 18.2. The summed E-state index contributed by atoms with van der Waals surface area (Å²) >= 11 is 0. The van der Waals surface area contributed by atoms with E-state index in [4.69, 9.17) is 25.0 Å². The molecule has 0 aliphatic heterocycles. The van der Waals surface area contributed by atoms with Crippen LogP contribution in [0.3, 0.4) is 0 Å². The van der Waals surface area contributed by atoms with Crippen LogP contribution < -0.4 is 16.0 Å². The molecule has 2 rings (SSSR count). The summed E-state index contributed by atoms with van der Waals surface area (Å²) in [5, 5.41) is 22.4. The zero-order chi connectivity index (χ0) is 37.3. The molecule has 298 valence electrons. The monoisotopic (exact) mass is 865 g/mol. The fourth-order valence-corrected chi connectivity index (χ4v) is 5.33. The third-order valence-electron chi connectivity index (χ3n) is 8.10. The number of carbonyl (C=O) groups excluding carboxylic acids is 3. The Bertz CT molecular complexity index is 1480. The number of hydrogen-bond donors (Lipinski definition) is 5. The van der Waals surface area contributed by atoms with Crippen LogP contribution in [0.15, 0.2) is 41.3 Å². The molecule has 0 saturated heterocycles. The first-order valence-electron chi connectivity index (χ1n) is 18.2. The van der Waals surface area contributed by atoms with Crippen molar-refractivity contribution in [1.29, 1.82) is 10.8 Å². The van der Waals surface area contributed by atoms with Gasteiger partial charge in [-0.05, 0) is 30.7 Å². The lowest BCUT2D eigenvalue weighted by molar-refractivity contribution is -0.121. The molecule has 1 aliphatic carbocycles. The van der Waals surface area contributed by atoms with E-state index in [-0.39, 0.29) is 64.7 Å². The van der Waals surface area contributed by atoms with Gasteiger partial charge in [0.15, 0.2) is 0 Å². The Kier molecular flexibility index (Phi) is 24.8. The summed E-state index contributed by atoms with van der Waals surface area (Å²) in [4.78, 5) is 36.7. The molecule has 0 radical (unpaired) electrons. The van der Waals surface area contributed by atoms with Gasteiger partial charge >= 0.3 is 5.23 Å². The zero-order valence-corrected chi connectivity index (χ0v) is 33.9. The van der Waals surface area contributed by atoms with Crippen molar-refractivity contribution in [2.45, 2.75) is 103 Å². The molecule has 15 heteroatoms. The number of benzene rings is 1. The number of unbranched alkanes of at least 4 members (excludes halogenated alkanes) is 12. The van der Waals surface area contributed by atoms with Crippen molar-refractivity contribution >= 4 is 62.7 Å². The molecule has 3 amide bonds. The SMILES string of the molecule is CCCCCCCCCCCCCCCC(=O)NC1=C=C(C(=O)NCCOCCOCCNC(=O)c2ccc(C(=N)OC(=N)S(C)(=O)=O)cc2)C1.I.[HH].[HH].[HH]. The maximum Gasteiger partial charge on any atom is 0.308 e. The highest BCUT2D eigenvalue weighted by molar-refractivity contribution is 14.0. The van der Waals surface area contributed by atoms with E-state index in [9.17, 15) is 22.8 Å². The molecule has 5 N–H and O–H groups in total. The molecular formula is C37H64IN5O8S. The number of hydrogen-bond acceptors (Lipinski definition) is 10. The van der Waals surface area contributed by atoms with E-state index in [1.54, 1.807) is 0 Å². The summed E-state index contributed by atoms with van der Waals surface area (Å²) in [5.74, 6) is -1.13. The van der Waals surface area contributed by atoms with Gasteiger partial charge in [-0.25, -0.2) is 8.42 Å². The van der Waals surface area contributed by atoms with Crippen molar-refractivity contribution in [3.63, 3.8) is 0 Å². The molecule has 52 heavy (non-hydrogen) atoms. The van der Waals surface area contributed by atoms with Crippen molar-refractivity contribution in [3.8, 4) is 0 Å². The lowest BCUT2D eigenvalue weighted by Gasteiger charge is -2.16. The van der Waals surface area contributed by atoms with Gasteiger partial charge in [-0.15, -0.1) is 24.0 Å². The van der Waals surface area contributed by atoms with Crippen molar-refractivity contribution in [1.82, 2.24) is 16.0 Å². The van der Waals surface area contributed by atoms with Crippen LogP contribution in [0.5, 0.6) is 0 Å². The molecule has 0 atom stereocenters. The number of ether oxygens (including phenoxy) is 3. The maximum atomic E-state index is 12.3. The number of amides is 3. The van der Waals surface area contributed by atoms with E-state index in [2.05, 4.69) is 28.6 Å². The van der Waals surface area contributed by atoms with Gasteiger partial charge < -0.3 is 30.2 Å². The Balaban J connectivity index is -0.00000676. The summed E-state index contributed by atoms with van der Waals surface area (Å²) < 4.78 is 38.2. The van der Waals surface area contributed by atoms with Crippen LogP contribution in [0.4, 0.5) is 0 Å². The Morgan fingerprint density at radius 2 is 1.21 bits per heavy atom. The van der Waals surface area contributed by atoms with Gasteiger partial charge in [0.05, 0.1) is 37.7 Å². The lowest BCUT2D eigenvalue weighted by atomic mass is 10.0. The van der Waals surface area contributed by atoms with Gasteiger partial charge in [0.2, 0.25) is 21.6 Å². The van der Waals surface area contributed by atoms with E-state index in [0.717, 1.165) is 19.1 Å². The topological polar surface area (TPSA) is 197 Å². The highest BCUT2D eigenvalue weighted by Crippen LogP contribution is 2.18. The molecule has 0 spiro atoms. The minimum absolute atomic E-state index is 0. The third kappa shape index (κ3) is 20.8. The van der Waals surface area contributed by atoms with Gasteiger partial charge in [-0.3, -0.25) is 25.2 Å². The first-order valence-corrected chi connectivity index (χ1v) is 20.1. The van der Waals surface area contributed by atoms with Crippen molar-refractivity contribution in [2.24, 2.45) is 0 Å². The van der Waals surface area contributed by atoms with E-state index in [1.165, 1.54) is 94.9 Å². The molecule has 0 aromatic heterocycles. The molecular weight excluding hydrogens is 801 g/mol. The van der Waals surface area contributed by atoms with Gasteiger partial charge in [0.25, 0.3) is 11.8 Å². The highest BCUT2D eigenvalue weighted by Gasteiger charge is 2.20. The molecule has 1 aromatic carbocycles. The Morgan fingerprint density at radius 3 is 1.71 bits per heavy atom. The quantitative estimate of drug-likeness (QED) is 0.0213. The maximum absolute atomic E-state index is 12.3. The van der Waals surface area contributed by atoms with Crippen LogP contribution in [0.25, 0.3) is 0 Å². The third-order valence-corrected chi connectivity index (χ3v) is 8.86. The lowest BCUT2D eigenvalue weighted by Crippen LogP contribution is -2.33. The highest BCUT2D eigenvalue weighted by atomic mass is 127. The molecule has 1 aromatic rings. The summed E-state index contributed by atoms with van der Waals surface area (Å²) in [5.41, 5.74) is 4.63. The van der Waals surface area contributed by atoms with Crippen molar-refractivity contribution in [2.75, 3.05) is 45.8 Å². The predicted octanol–water partition coefficient (Wildman–Crippen LogP) is 6.65. The second-order valence-electron chi connectivity index (χ2n) is 12.6. The first-order chi connectivity index (χ1) is 24.5.